The molecule has 0 spiro atoms. The lowest BCUT2D eigenvalue weighted by molar-refractivity contribution is 0.276. The van der Waals surface area contributed by atoms with Gasteiger partial charge in [0.05, 0.1) is 13.2 Å². The summed E-state index contributed by atoms with van der Waals surface area (Å²) in [5.41, 5.74) is 2.62. The number of nitrogens with one attached hydrogen (secondary N) is 1. The number of fused-ring (bicyclic) bond motifs is 2. The number of hydrogen-bond acceptors (Lipinski definition) is 4. The summed E-state index contributed by atoms with van der Waals surface area (Å²) in [5.74, 6) is 1.79. The van der Waals surface area contributed by atoms with Gasteiger partial charge in [-0.25, -0.2) is 9.98 Å². The molecular weight excluding hydrogens is 462 g/mol. The van der Waals surface area contributed by atoms with Crippen LogP contribution in [0.4, 0.5) is 0 Å². The van der Waals surface area contributed by atoms with E-state index in [2.05, 4.69) is 76.0 Å². The highest BCUT2D eigenvalue weighted by Gasteiger charge is 2.37. The fraction of sp³-hybridized carbons (Fsp3) is 0.533. The molecular formula is C30H43N3O2Si. The minimum atomic E-state index is -1.70. The van der Waals surface area contributed by atoms with Crippen LogP contribution in [0, 0.1) is 5.92 Å². The van der Waals surface area contributed by atoms with Gasteiger partial charge < -0.3 is 14.5 Å². The Balaban J connectivity index is 1.90. The predicted molar refractivity (Wildman–Crippen MR) is 157 cm³/mol. The zero-order valence-electron chi connectivity index (χ0n) is 23.1. The molecule has 4 rings (SSSR count). The van der Waals surface area contributed by atoms with Crippen molar-refractivity contribution in [3.63, 3.8) is 0 Å². The van der Waals surface area contributed by atoms with Crippen molar-refractivity contribution in [2.75, 3.05) is 13.2 Å². The normalized spacial score (nSPS) is 18.6. The van der Waals surface area contributed by atoms with Crippen molar-refractivity contribution in [2.45, 2.75) is 85.1 Å². The fourth-order valence-corrected chi connectivity index (χ4v) is 9.60. The number of aliphatic imine (C=N–C) groups is 2. The van der Waals surface area contributed by atoms with Gasteiger partial charge in [0.25, 0.3) is 0 Å². The van der Waals surface area contributed by atoms with E-state index in [1.165, 1.54) is 50.7 Å². The van der Waals surface area contributed by atoms with E-state index in [1.807, 2.05) is 13.8 Å². The molecule has 5 nitrogen and oxygen atoms in total. The highest BCUT2D eigenvalue weighted by atomic mass is 28.3. The van der Waals surface area contributed by atoms with Crippen LogP contribution in [0.15, 0.2) is 46.4 Å². The zero-order valence-corrected chi connectivity index (χ0v) is 24.1. The van der Waals surface area contributed by atoms with Gasteiger partial charge in [-0.2, -0.15) is 0 Å². The van der Waals surface area contributed by atoms with E-state index in [-0.39, 0.29) is 12.1 Å². The summed E-state index contributed by atoms with van der Waals surface area (Å²) >= 11 is 0. The smallest absolute Gasteiger partial charge is 0.210 e. The summed E-state index contributed by atoms with van der Waals surface area (Å²) < 4.78 is 12.2. The molecule has 0 amide bonds. The van der Waals surface area contributed by atoms with Gasteiger partial charge in [0, 0.05) is 22.6 Å². The maximum atomic E-state index is 6.13. The first-order valence-corrected chi connectivity index (χ1v) is 16.5. The van der Waals surface area contributed by atoms with E-state index in [0.29, 0.717) is 19.1 Å². The van der Waals surface area contributed by atoms with Gasteiger partial charge in [0.15, 0.2) is 0 Å². The SMILES string of the molecule is CCOC1=N[C@H](C(C)C)C(OCC)=N[C@H]1Cc1c([Si](CC)(CC)CC)[nH]c2cc3ccccc3cc12. The van der Waals surface area contributed by atoms with Crippen molar-refractivity contribution < 1.29 is 9.47 Å². The summed E-state index contributed by atoms with van der Waals surface area (Å²) in [7, 11) is -1.70. The lowest BCUT2D eigenvalue weighted by Crippen LogP contribution is -2.49. The minimum absolute atomic E-state index is 0.0930. The van der Waals surface area contributed by atoms with E-state index in [4.69, 9.17) is 19.5 Å². The van der Waals surface area contributed by atoms with Gasteiger partial charge >= 0.3 is 0 Å². The first-order valence-electron chi connectivity index (χ1n) is 13.9. The molecule has 0 saturated carbocycles. The lowest BCUT2D eigenvalue weighted by atomic mass is 9.99. The molecule has 1 aliphatic heterocycles. The third-order valence-electron chi connectivity index (χ3n) is 8.03. The molecule has 0 bridgehead atoms. The largest absolute Gasteiger partial charge is 0.480 e. The van der Waals surface area contributed by atoms with E-state index in [0.717, 1.165) is 18.2 Å². The van der Waals surface area contributed by atoms with Crippen LogP contribution in [0.5, 0.6) is 0 Å². The summed E-state index contributed by atoms with van der Waals surface area (Å²) in [6.07, 6.45) is 0.767. The molecule has 2 atom stereocenters. The maximum Gasteiger partial charge on any atom is 0.210 e. The Kier molecular flexibility index (Phi) is 8.23. The van der Waals surface area contributed by atoms with E-state index in [1.54, 1.807) is 0 Å². The highest BCUT2D eigenvalue weighted by Crippen LogP contribution is 2.31. The Hall–Kier alpha value is -2.60. The molecule has 3 aromatic rings. The number of aromatic amines is 1. The molecule has 1 aromatic heterocycles. The minimum Gasteiger partial charge on any atom is -0.480 e. The lowest BCUT2D eigenvalue weighted by Gasteiger charge is -2.31. The van der Waals surface area contributed by atoms with Crippen LogP contribution < -0.4 is 5.32 Å². The molecule has 2 heterocycles. The predicted octanol–water partition coefficient (Wildman–Crippen LogP) is 6.86. The monoisotopic (exact) mass is 505 g/mol. The van der Waals surface area contributed by atoms with Crippen LogP contribution >= 0.6 is 0 Å². The van der Waals surface area contributed by atoms with Gasteiger partial charge in [-0.3, -0.25) is 0 Å². The van der Waals surface area contributed by atoms with Crippen LogP contribution in [-0.2, 0) is 15.9 Å². The van der Waals surface area contributed by atoms with Gasteiger partial charge in [-0.15, -0.1) is 0 Å². The second-order valence-corrected chi connectivity index (χ2v) is 15.5. The molecule has 0 unspecified atom stereocenters. The number of benzene rings is 2. The van der Waals surface area contributed by atoms with Crippen molar-refractivity contribution in [1.29, 1.82) is 0 Å². The second-order valence-electron chi connectivity index (χ2n) is 10.3. The number of rotatable bonds is 9. The van der Waals surface area contributed by atoms with Crippen LogP contribution in [-0.4, -0.2) is 50.2 Å². The van der Waals surface area contributed by atoms with Crippen LogP contribution in [0.3, 0.4) is 0 Å². The number of hydrogen-bond donors (Lipinski definition) is 1. The molecule has 2 aromatic carbocycles. The molecule has 6 heteroatoms. The van der Waals surface area contributed by atoms with Crippen LogP contribution in [0.2, 0.25) is 18.1 Å². The molecule has 0 saturated heterocycles. The van der Waals surface area contributed by atoms with Crippen molar-refractivity contribution in [3.05, 3.63) is 42.0 Å². The Bertz CT molecular complexity index is 1250. The van der Waals surface area contributed by atoms with Gasteiger partial charge in [0.1, 0.15) is 20.2 Å². The standard InChI is InChI=1S/C30H43N3O2Si/c1-8-34-28-26(31-29(35-9-2)27(33-28)20(6)7)19-24-23-17-21-15-13-14-16-22(21)18-25(23)32-30(24)36(10-3,11-4)12-5/h13-18,20,26-27,32H,8-12,19H2,1-7H3/t26-,27+/m0/s1. The Morgan fingerprint density at radius 1 is 0.861 bits per heavy atom. The van der Waals surface area contributed by atoms with Gasteiger partial charge in [-0.1, -0.05) is 77.0 Å². The molecule has 0 fully saturated rings. The highest BCUT2D eigenvalue weighted by molar-refractivity contribution is 6.91. The first-order chi connectivity index (χ1) is 17.4. The maximum absolute atomic E-state index is 6.13. The molecule has 0 aliphatic carbocycles. The number of aromatic nitrogens is 1. The Morgan fingerprint density at radius 2 is 1.47 bits per heavy atom. The number of ether oxygens (including phenoxy) is 2. The average Bonchev–Trinajstić information content (AvgIpc) is 3.23. The zero-order chi connectivity index (χ0) is 25.9. The van der Waals surface area contributed by atoms with E-state index in [9.17, 15) is 0 Å². The van der Waals surface area contributed by atoms with Crippen LogP contribution in [0.1, 0.15) is 54.0 Å². The fourth-order valence-electron chi connectivity index (χ4n) is 5.76. The summed E-state index contributed by atoms with van der Waals surface area (Å²) in [6.45, 7) is 16.7. The van der Waals surface area contributed by atoms with Gasteiger partial charge in [0.2, 0.25) is 11.8 Å². The first kappa shape index (κ1) is 26.5. The third-order valence-corrected chi connectivity index (χ3v) is 13.6. The van der Waals surface area contributed by atoms with E-state index >= 15 is 0 Å². The summed E-state index contributed by atoms with van der Waals surface area (Å²) in [4.78, 5) is 14.2. The number of nitrogens with zero attached hydrogens (tertiary/aromatic N) is 2. The molecule has 1 aliphatic rings. The van der Waals surface area contributed by atoms with Crippen molar-refractivity contribution >= 4 is 46.9 Å². The molecule has 1 N–H and O–H groups in total. The third kappa shape index (κ3) is 4.84. The average molecular weight is 506 g/mol. The van der Waals surface area contributed by atoms with Crippen molar-refractivity contribution in [2.24, 2.45) is 15.9 Å². The van der Waals surface area contributed by atoms with Crippen molar-refractivity contribution in [1.82, 2.24) is 4.98 Å². The second kappa shape index (κ2) is 11.2. The van der Waals surface area contributed by atoms with Crippen molar-refractivity contribution in [3.8, 4) is 0 Å². The van der Waals surface area contributed by atoms with Gasteiger partial charge in [-0.05, 0) is 48.2 Å². The summed E-state index contributed by atoms with van der Waals surface area (Å²) in [5, 5.41) is 5.34. The summed E-state index contributed by atoms with van der Waals surface area (Å²) in [6, 6.07) is 16.7. The number of H-pyrrole nitrogens is 1. The van der Waals surface area contributed by atoms with Crippen LogP contribution in [0.25, 0.3) is 21.7 Å². The Morgan fingerprint density at radius 3 is 2.06 bits per heavy atom. The topological polar surface area (TPSA) is 59.0 Å². The molecule has 0 radical (unpaired) electrons. The quantitative estimate of drug-likeness (QED) is 0.323. The molecule has 194 valence electrons. The van der Waals surface area contributed by atoms with E-state index < -0.39 is 8.07 Å². The molecule has 36 heavy (non-hydrogen) atoms. The Labute approximate surface area is 217 Å².